The number of carboxylic acid groups (broad SMARTS) is 2. The first-order valence-corrected chi connectivity index (χ1v) is 12.3. The number of carbonyl (C=O) groups is 7. The van der Waals surface area contributed by atoms with Crippen LogP contribution in [0.25, 0.3) is 0 Å². The van der Waals surface area contributed by atoms with Gasteiger partial charge in [-0.25, -0.2) is 0 Å². The Balaban J connectivity index is 3.02. The maximum Gasteiger partial charge on any atom is 0.325 e. The van der Waals surface area contributed by atoms with E-state index in [0.29, 0.717) is 12.8 Å². The summed E-state index contributed by atoms with van der Waals surface area (Å²) >= 11 is 0. The molecule has 0 saturated carbocycles. The lowest BCUT2D eigenvalue weighted by Crippen LogP contribution is -2.60. The van der Waals surface area contributed by atoms with Crippen molar-refractivity contribution in [1.29, 1.82) is 0 Å². The molecule has 5 amide bonds. The Hall–Kier alpha value is -3.75. The van der Waals surface area contributed by atoms with Gasteiger partial charge in [0.2, 0.25) is 29.5 Å². The molecular weight excluding hydrogens is 504 g/mol. The van der Waals surface area contributed by atoms with E-state index >= 15 is 0 Å². The van der Waals surface area contributed by atoms with Crippen LogP contribution in [0.2, 0.25) is 0 Å². The number of carbonyl (C=O) groups excluding carboxylic acids is 5. The van der Waals surface area contributed by atoms with Crippen LogP contribution in [-0.2, 0) is 33.6 Å². The third-order valence-electron chi connectivity index (χ3n) is 5.98. The second-order valence-electron chi connectivity index (χ2n) is 9.67. The fraction of sp³-hybridized carbons (Fsp3) is 0.696. The predicted octanol–water partition coefficient (Wildman–Crippen LogP) is -2.48. The van der Waals surface area contributed by atoms with Gasteiger partial charge in [0.15, 0.2) is 0 Å². The average molecular weight is 543 g/mol. The van der Waals surface area contributed by atoms with Crippen molar-refractivity contribution in [2.45, 2.75) is 90.1 Å². The minimum atomic E-state index is -1.57. The summed E-state index contributed by atoms with van der Waals surface area (Å²) in [6, 6.07) is -6.87. The minimum absolute atomic E-state index is 0.198. The molecule has 38 heavy (non-hydrogen) atoms. The summed E-state index contributed by atoms with van der Waals surface area (Å²) in [5.74, 6) is -6.77. The van der Waals surface area contributed by atoms with Crippen molar-refractivity contribution in [3.63, 3.8) is 0 Å². The maximum absolute atomic E-state index is 13.4. The number of aliphatic carboxylic acids is 2. The molecular formula is C23H38N6O9. The van der Waals surface area contributed by atoms with E-state index in [1.807, 2.05) is 0 Å². The van der Waals surface area contributed by atoms with E-state index in [4.69, 9.17) is 10.8 Å². The van der Waals surface area contributed by atoms with E-state index in [2.05, 4.69) is 21.3 Å². The summed E-state index contributed by atoms with van der Waals surface area (Å²) < 4.78 is 0. The van der Waals surface area contributed by atoms with Crippen LogP contribution >= 0.6 is 0 Å². The number of amides is 5. The van der Waals surface area contributed by atoms with Crippen LogP contribution < -0.4 is 27.0 Å². The summed E-state index contributed by atoms with van der Waals surface area (Å²) in [6.07, 6.45) is -0.0233. The normalized spacial score (nSPS) is 18.9. The van der Waals surface area contributed by atoms with Gasteiger partial charge in [-0.2, -0.15) is 0 Å². The lowest BCUT2D eigenvalue weighted by atomic mass is 10.0. The molecule has 6 atom stereocenters. The fourth-order valence-electron chi connectivity index (χ4n) is 3.71. The molecule has 8 N–H and O–H groups in total. The number of hydrogen-bond donors (Lipinski definition) is 7. The van der Waals surface area contributed by atoms with Gasteiger partial charge < -0.3 is 42.1 Å². The highest BCUT2D eigenvalue weighted by molar-refractivity contribution is 5.97. The number of nitrogens with two attached hydrogens (primary N) is 1. The third-order valence-corrected chi connectivity index (χ3v) is 5.98. The van der Waals surface area contributed by atoms with E-state index in [0.717, 1.165) is 0 Å². The van der Waals surface area contributed by atoms with Crippen LogP contribution in [0.1, 0.15) is 53.9 Å². The zero-order valence-electron chi connectivity index (χ0n) is 22.1. The molecule has 0 aromatic heterocycles. The zero-order chi connectivity index (χ0) is 29.3. The van der Waals surface area contributed by atoms with E-state index in [9.17, 15) is 38.7 Å². The summed E-state index contributed by atoms with van der Waals surface area (Å²) in [4.78, 5) is 87.0. The Morgan fingerprint density at radius 1 is 0.842 bits per heavy atom. The van der Waals surface area contributed by atoms with Gasteiger partial charge in [-0.1, -0.05) is 13.8 Å². The van der Waals surface area contributed by atoms with Crippen molar-refractivity contribution in [3.8, 4) is 0 Å². The Kier molecular flexibility index (Phi) is 12.1. The highest BCUT2D eigenvalue weighted by atomic mass is 16.4. The van der Waals surface area contributed by atoms with Gasteiger partial charge in [0.05, 0.1) is 12.5 Å². The predicted molar refractivity (Wildman–Crippen MR) is 132 cm³/mol. The molecule has 0 radical (unpaired) electrons. The molecule has 0 spiro atoms. The summed E-state index contributed by atoms with van der Waals surface area (Å²) in [7, 11) is 0. The minimum Gasteiger partial charge on any atom is -0.481 e. The first-order valence-electron chi connectivity index (χ1n) is 12.3. The SMILES string of the molecule is CC(C)[C@H](NC(=O)[C@H](CC(=O)O)NC(=O)[C@H](C)NC(=O)[C@H](C)N)C(=O)N1CCC[C@H]1C(=O)N[C@@H](C)C(=O)O. The van der Waals surface area contributed by atoms with Crippen molar-refractivity contribution in [2.75, 3.05) is 6.54 Å². The number of rotatable bonds is 13. The monoisotopic (exact) mass is 542 g/mol. The van der Waals surface area contributed by atoms with Crippen LogP contribution in [0.3, 0.4) is 0 Å². The number of hydrogen-bond acceptors (Lipinski definition) is 8. The number of carboxylic acids is 2. The first kappa shape index (κ1) is 32.3. The second kappa shape index (κ2) is 14.3. The molecule has 15 nitrogen and oxygen atoms in total. The molecule has 1 saturated heterocycles. The molecule has 0 aromatic carbocycles. The van der Waals surface area contributed by atoms with Gasteiger partial charge in [0.1, 0.15) is 30.2 Å². The molecule has 1 aliphatic heterocycles. The molecule has 15 heteroatoms. The van der Waals surface area contributed by atoms with Gasteiger partial charge in [0.25, 0.3) is 0 Å². The summed E-state index contributed by atoms with van der Waals surface area (Å²) in [6.45, 7) is 7.50. The van der Waals surface area contributed by atoms with Crippen molar-refractivity contribution < 1.29 is 43.8 Å². The fourth-order valence-corrected chi connectivity index (χ4v) is 3.71. The van der Waals surface area contributed by atoms with E-state index in [-0.39, 0.29) is 6.54 Å². The number of nitrogens with one attached hydrogen (secondary N) is 4. The largest absolute Gasteiger partial charge is 0.481 e. The van der Waals surface area contributed by atoms with Crippen LogP contribution in [0.4, 0.5) is 0 Å². The highest BCUT2D eigenvalue weighted by Gasteiger charge is 2.40. The smallest absolute Gasteiger partial charge is 0.325 e. The maximum atomic E-state index is 13.4. The van der Waals surface area contributed by atoms with E-state index in [1.165, 1.54) is 25.7 Å². The van der Waals surface area contributed by atoms with E-state index in [1.54, 1.807) is 13.8 Å². The highest BCUT2D eigenvalue weighted by Crippen LogP contribution is 2.21. The lowest BCUT2D eigenvalue weighted by molar-refractivity contribution is -0.145. The molecule has 1 rings (SSSR count). The van der Waals surface area contributed by atoms with Gasteiger partial charge in [-0.05, 0) is 39.5 Å². The molecule has 0 aliphatic carbocycles. The first-order chi connectivity index (χ1) is 17.6. The Morgan fingerprint density at radius 2 is 1.45 bits per heavy atom. The molecule has 0 unspecified atom stereocenters. The van der Waals surface area contributed by atoms with Crippen molar-refractivity contribution in [1.82, 2.24) is 26.2 Å². The molecule has 1 aliphatic rings. The Morgan fingerprint density at radius 3 is 1.95 bits per heavy atom. The summed E-state index contributed by atoms with van der Waals surface area (Å²) in [5, 5.41) is 27.7. The quantitative estimate of drug-likeness (QED) is 0.129. The van der Waals surface area contributed by atoms with Gasteiger partial charge in [0, 0.05) is 6.54 Å². The van der Waals surface area contributed by atoms with Crippen molar-refractivity contribution >= 4 is 41.5 Å². The number of likely N-dealkylation sites (tertiary alicyclic amines) is 1. The average Bonchev–Trinajstić information content (AvgIpc) is 3.30. The third kappa shape index (κ3) is 9.28. The summed E-state index contributed by atoms with van der Waals surface area (Å²) in [5.41, 5.74) is 5.46. The Bertz CT molecular complexity index is 938. The zero-order valence-corrected chi connectivity index (χ0v) is 22.1. The van der Waals surface area contributed by atoms with Crippen LogP contribution in [-0.4, -0.2) is 99.4 Å². The van der Waals surface area contributed by atoms with Crippen LogP contribution in [0.5, 0.6) is 0 Å². The molecule has 0 aromatic rings. The molecule has 0 bridgehead atoms. The standard InChI is InChI=1S/C23H38N6O9/c1-10(2)17(22(36)29-8-6-7-15(29)21(35)26-13(5)23(37)38)28-20(34)14(9-16(30)31)27-19(33)12(4)25-18(32)11(3)24/h10-15,17H,6-9,24H2,1-5H3,(H,25,32)(H,26,35)(H,27,33)(H,28,34)(H,30,31)(H,37,38)/t11-,12-,13-,14-,15-,17-/m0/s1. The molecule has 1 fully saturated rings. The van der Waals surface area contributed by atoms with Crippen LogP contribution in [0.15, 0.2) is 0 Å². The molecule has 214 valence electrons. The second-order valence-corrected chi connectivity index (χ2v) is 9.67. The van der Waals surface area contributed by atoms with Crippen LogP contribution in [0, 0.1) is 5.92 Å². The Labute approximate surface area is 220 Å². The van der Waals surface area contributed by atoms with Gasteiger partial charge in [-0.3, -0.25) is 33.6 Å². The van der Waals surface area contributed by atoms with Gasteiger partial charge >= 0.3 is 11.9 Å². The van der Waals surface area contributed by atoms with Crippen molar-refractivity contribution in [3.05, 3.63) is 0 Å². The lowest BCUT2D eigenvalue weighted by Gasteiger charge is -2.31. The topological polar surface area (TPSA) is 237 Å². The van der Waals surface area contributed by atoms with E-state index < -0.39 is 90.1 Å². The van der Waals surface area contributed by atoms with Gasteiger partial charge in [-0.15, -0.1) is 0 Å². The number of nitrogens with zero attached hydrogens (tertiary/aromatic N) is 1. The molecule has 1 heterocycles. The van der Waals surface area contributed by atoms with Crippen molar-refractivity contribution in [2.24, 2.45) is 11.7 Å².